The van der Waals surface area contributed by atoms with Gasteiger partial charge in [0.15, 0.2) is 0 Å². The van der Waals surface area contributed by atoms with Crippen LogP contribution >= 0.6 is 0 Å². The van der Waals surface area contributed by atoms with E-state index < -0.39 is 17.3 Å². The molecule has 1 rings (SSSR count). The predicted molar refractivity (Wildman–Crippen MR) is 53.9 cm³/mol. The molecule has 0 saturated heterocycles. The second-order valence-electron chi connectivity index (χ2n) is 2.77. The molecule has 1 atom stereocenters. The van der Waals surface area contributed by atoms with Crippen molar-refractivity contribution < 1.29 is 22.5 Å². The highest BCUT2D eigenvalue weighted by Gasteiger charge is 2.09. The van der Waals surface area contributed by atoms with Crippen LogP contribution in [0.15, 0.2) is 18.2 Å². The van der Waals surface area contributed by atoms with Gasteiger partial charge in [0.05, 0.1) is 12.7 Å². The number of esters is 1. The van der Waals surface area contributed by atoms with Crippen molar-refractivity contribution in [2.24, 2.45) is 0 Å². The summed E-state index contributed by atoms with van der Waals surface area (Å²) in [6.45, 7) is 1.66. The fraction of sp³-hybridized carbons (Fsp3) is 0.222. The number of carbonyl (C=O) groups is 1. The quantitative estimate of drug-likeness (QED) is 0.625. The Morgan fingerprint density at radius 2 is 2.13 bits per heavy atom. The minimum atomic E-state index is -2.36. The Kier molecular flexibility index (Phi) is 3.81. The topological polar surface area (TPSA) is 72.8 Å². The molecular formula is C9H10O5S. The number of hydrogen-bond donors (Lipinski definition) is 1. The molecule has 0 radical (unpaired) electrons. The molecule has 0 aliphatic heterocycles. The standard InChI is InChI=1S/C9H10O5S/c1-6-5-7(9(10)13-2)3-4-8(6)14-15(11)12/h3-5H,1-2H3,(H,11,12). The summed E-state index contributed by atoms with van der Waals surface area (Å²) >= 11 is -2.36. The molecule has 1 unspecified atom stereocenters. The van der Waals surface area contributed by atoms with Gasteiger partial charge in [-0.2, -0.15) is 4.21 Å². The molecule has 0 spiro atoms. The molecule has 0 saturated carbocycles. The number of rotatable bonds is 3. The highest BCUT2D eigenvalue weighted by molar-refractivity contribution is 7.74. The van der Waals surface area contributed by atoms with Gasteiger partial charge >= 0.3 is 17.3 Å². The minimum Gasteiger partial charge on any atom is -0.465 e. The second-order valence-corrected chi connectivity index (χ2v) is 3.37. The van der Waals surface area contributed by atoms with Gasteiger partial charge < -0.3 is 8.92 Å². The van der Waals surface area contributed by atoms with Crippen LogP contribution in [0, 0.1) is 6.92 Å². The van der Waals surface area contributed by atoms with Gasteiger partial charge in [-0.15, -0.1) is 0 Å². The maximum absolute atomic E-state index is 11.1. The zero-order valence-electron chi connectivity index (χ0n) is 8.22. The molecule has 0 amide bonds. The molecule has 1 aromatic rings. The lowest BCUT2D eigenvalue weighted by molar-refractivity contribution is 0.0600. The molecular weight excluding hydrogens is 220 g/mol. The van der Waals surface area contributed by atoms with Crippen LogP contribution in [0.1, 0.15) is 15.9 Å². The summed E-state index contributed by atoms with van der Waals surface area (Å²) in [6, 6.07) is 4.42. The van der Waals surface area contributed by atoms with Crippen LogP contribution in [-0.2, 0) is 16.1 Å². The Bertz CT molecular complexity index is 401. The van der Waals surface area contributed by atoms with E-state index >= 15 is 0 Å². The number of aryl methyl sites for hydroxylation is 1. The van der Waals surface area contributed by atoms with Crippen LogP contribution in [0.2, 0.25) is 0 Å². The summed E-state index contributed by atoms with van der Waals surface area (Å²) in [5.74, 6) is -0.210. The molecule has 1 N–H and O–H groups in total. The summed E-state index contributed by atoms with van der Waals surface area (Å²) in [5, 5.41) is 0. The predicted octanol–water partition coefficient (Wildman–Crippen LogP) is 1.30. The zero-order valence-corrected chi connectivity index (χ0v) is 9.04. The van der Waals surface area contributed by atoms with Gasteiger partial charge in [-0.25, -0.2) is 4.79 Å². The van der Waals surface area contributed by atoms with Crippen LogP contribution in [-0.4, -0.2) is 21.8 Å². The smallest absolute Gasteiger partial charge is 0.357 e. The van der Waals surface area contributed by atoms with E-state index in [1.165, 1.54) is 25.3 Å². The van der Waals surface area contributed by atoms with Gasteiger partial charge in [0.2, 0.25) is 0 Å². The van der Waals surface area contributed by atoms with Gasteiger partial charge in [0.1, 0.15) is 5.75 Å². The molecule has 1 aromatic carbocycles. The lowest BCUT2D eigenvalue weighted by Gasteiger charge is -2.05. The normalized spacial score (nSPS) is 11.9. The highest BCUT2D eigenvalue weighted by Crippen LogP contribution is 2.20. The first kappa shape index (κ1) is 11.7. The van der Waals surface area contributed by atoms with E-state index in [0.717, 1.165) is 0 Å². The van der Waals surface area contributed by atoms with Crippen molar-refractivity contribution in [3.8, 4) is 5.75 Å². The van der Waals surface area contributed by atoms with Crippen molar-refractivity contribution in [2.45, 2.75) is 6.92 Å². The first-order chi connectivity index (χ1) is 7.04. The highest BCUT2D eigenvalue weighted by atomic mass is 32.2. The number of benzene rings is 1. The lowest BCUT2D eigenvalue weighted by atomic mass is 10.1. The third kappa shape index (κ3) is 3.03. The summed E-state index contributed by atoms with van der Waals surface area (Å²) in [6.07, 6.45) is 0. The molecule has 0 aliphatic carbocycles. The Balaban J connectivity index is 2.97. The summed E-state index contributed by atoms with van der Waals surface area (Å²) in [4.78, 5) is 11.1. The second kappa shape index (κ2) is 4.90. The van der Waals surface area contributed by atoms with Crippen LogP contribution in [0.5, 0.6) is 5.75 Å². The maximum atomic E-state index is 11.1. The first-order valence-corrected chi connectivity index (χ1v) is 5.06. The van der Waals surface area contributed by atoms with Crippen molar-refractivity contribution in [3.05, 3.63) is 29.3 Å². The van der Waals surface area contributed by atoms with Crippen molar-refractivity contribution in [1.82, 2.24) is 0 Å². The van der Waals surface area contributed by atoms with Gasteiger partial charge in [0.25, 0.3) is 0 Å². The Labute approximate surface area is 89.5 Å². The van der Waals surface area contributed by atoms with Crippen molar-refractivity contribution in [2.75, 3.05) is 7.11 Å². The van der Waals surface area contributed by atoms with Gasteiger partial charge in [-0.3, -0.25) is 4.55 Å². The van der Waals surface area contributed by atoms with Crippen molar-refractivity contribution >= 4 is 17.3 Å². The molecule has 5 nitrogen and oxygen atoms in total. The van der Waals surface area contributed by atoms with Crippen molar-refractivity contribution in [3.63, 3.8) is 0 Å². The summed E-state index contributed by atoms with van der Waals surface area (Å²) < 4.78 is 28.0. The monoisotopic (exact) mass is 230 g/mol. The van der Waals surface area contributed by atoms with Gasteiger partial charge in [-0.05, 0) is 30.7 Å². The molecule has 82 valence electrons. The van der Waals surface area contributed by atoms with E-state index in [9.17, 15) is 9.00 Å². The largest absolute Gasteiger partial charge is 0.465 e. The van der Waals surface area contributed by atoms with Crippen LogP contribution in [0.4, 0.5) is 0 Å². The average Bonchev–Trinajstić information content (AvgIpc) is 2.19. The van der Waals surface area contributed by atoms with E-state index in [0.29, 0.717) is 11.1 Å². The van der Waals surface area contributed by atoms with Gasteiger partial charge in [0, 0.05) is 0 Å². The molecule has 0 aliphatic rings. The van der Waals surface area contributed by atoms with E-state index in [4.69, 9.17) is 4.55 Å². The zero-order chi connectivity index (χ0) is 11.4. The summed E-state index contributed by atoms with van der Waals surface area (Å²) in [7, 11) is 1.28. The fourth-order valence-corrected chi connectivity index (χ4v) is 1.41. The van der Waals surface area contributed by atoms with Gasteiger partial charge in [-0.1, -0.05) is 0 Å². The van der Waals surface area contributed by atoms with Crippen molar-refractivity contribution in [1.29, 1.82) is 0 Å². The lowest BCUT2D eigenvalue weighted by Crippen LogP contribution is -2.03. The first-order valence-electron chi connectivity index (χ1n) is 4.02. The molecule has 6 heteroatoms. The third-order valence-corrected chi connectivity index (χ3v) is 2.08. The molecule has 0 aromatic heterocycles. The van der Waals surface area contributed by atoms with Crippen LogP contribution in [0.25, 0.3) is 0 Å². The third-order valence-electron chi connectivity index (χ3n) is 1.76. The fourth-order valence-electron chi connectivity index (χ4n) is 1.06. The van der Waals surface area contributed by atoms with Crippen LogP contribution in [0.3, 0.4) is 0 Å². The Morgan fingerprint density at radius 1 is 1.47 bits per heavy atom. The number of methoxy groups -OCH3 is 1. The van der Waals surface area contributed by atoms with E-state index in [2.05, 4.69) is 8.92 Å². The number of ether oxygens (including phenoxy) is 1. The van der Waals surface area contributed by atoms with E-state index in [1.54, 1.807) is 6.92 Å². The minimum absolute atomic E-state index is 0.253. The number of hydrogen-bond acceptors (Lipinski definition) is 4. The Hall–Kier alpha value is -1.40. The maximum Gasteiger partial charge on any atom is 0.357 e. The molecule has 0 bridgehead atoms. The van der Waals surface area contributed by atoms with E-state index in [1.807, 2.05) is 0 Å². The summed E-state index contributed by atoms with van der Waals surface area (Å²) in [5.41, 5.74) is 0.950. The van der Waals surface area contributed by atoms with Crippen LogP contribution < -0.4 is 4.18 Å². The average molecular weight is 230 g/mol. The molecule has 15 heavy (non-hydrogen) atoms. The molecule has 0 heterocycles. The van der Waals surface area contributed by atoms with E-state index in [-0.39, 0.29) is 5.75 Å². The number of carbonyl (C=O) groups excluding carboxylic acids is 1. The SMILES string of the molecule is COC(=O)c1ccc(OS(=O)O)c(C)c1. The molecule has 0 fully saturated rings. The Morgan fingerprint density at radius 3 is 2.60 bits per heavy atom.